The van der Waals surface area contributed by atoms with E-state index in [9.17, 15) is 5.11 Å². The average molecular weight is 300 g/mol. The van der Waals surface area contributed by atoms with Gasteiger partial charge in [-0.15, -0.1) is 0 Å². The highest BCUT2D eigenvalue weighted by atomic mass is 35.5. The monoisotopic (exact) mass is 299 g/mol. The maximum absolute atomic E-state index is 10.1. The van der Waals surface area contributed by atoms with Gasteiger partial charge in [-0.3, -0.25) is 4.68 Å². The van der Waals surface area contributed by atoms with Gasteiger partial charge in [0.1, 0.15) is 0 Å². The molecule has 2 rings (SSSR count). The minimum absolute atomic E-state index is 0.418. The van der Waals surface area contributed by atoms with Crippen molar-refractivity contribution in [1.82, 2.24) is 15.1 Å². The minimum Gasteiger partial charge on any atom is -0.387 e. The smallest absolute Gasteiger partial charge is 0.0929 e. The Balaban J connectivity index is 1.80. The highest BCUT2D eigenvalue weighted by Crippen LogP contribution is 2.25. The minimum atomic E-state index is -0.677. The molecular formula is C13H15Cl2N3O. The van der Waals surface area contributed by atoms with Crippen molar-refractivity contribution < 1.29 is 5.11 Å². The third-order valence-corrected chi connectivity index (χ3v) is 3.31. The Kier molecular flexibility index (Phi) is 5.22. The van der Waals surface area contributed by atoms with Crippen LogP contribution in [-0.2, 0) is 6.54 Å². The first-order valence-corrected chi connectivity index (χ1v) is 6.73. The van der Waals surface area contributed by atoms with Crippen molar-refractivity contribution in [3.63, 3.8) is 0 Å². The second-order valence-electron chi connectivity index (χ2n) is 4.15. The molecule has 0 saturated carbocycles. The predicted molar refractivity (Wildman–Crippen MR) is 76.5 cm³/mol. The summed E-state index contributed by atoms with van der Waals surface area (Å²) < 4.78 is 1.83. The number of aliphatic hydroxyl groups is 1. The van der Waals surface area contributed by atoms with Gasteiger partial charge in [0.25, 0.3) is 0 Å². The molecule has 0 amide bonds. The predicted octanol–water partition coefficient (Wildman–Crippen LogP) is 2.51. The van der Waals surface area contributed by atoms with Crippen LogP contribution < -0.4 is 5.32 Å². The quantitative estimate of drug-likeness (QED) is 0.806. The van der Waals surface area contributed by atoms with Crippen LogP contribution in [0, 0.1) is 0 Å². The summed E-state index contributed by atoms with van der Waals surface area (Å²) >= 11 is 11.9. The van der Waals surface area contributed by atoms with Crippen molar-refractivity contribution in [2.45, 2.75) is 12.6 Å². The van der Waals surface area contributed by atoms with Crippen LogP contribution in [0.1, 0.15) is 11.7 Å². The molecule has 2 aromatic rings. The fourth-order valence-electron chi connectivity index (χ4n) is 1.75. The van der Waals surface area contributed by atoms with Gasteiger partial charge in [-0.1, -0.05) is 23.2 Å². The molecule has 1 heterocycles. The van der Waals surface area contributed by atoms with Crippen LogP contribution in [0.15, 0.2) is 36.7 Å². The van der Waals surface area contributed by atoms with Crippen molar-refractivity contribution >= 4 is 23.2 Å². The van der Waals surface area contributed by atoms with E-state index in [0.29, 0.717) is 22.2 Å². The molecule has 4 nitrogen and oxygen atoms in total. The van der Waals surface area contributed by atoms with Crippen LogP contribution in [0.4, 0.5) is 0 Å². The summed E-state index contributed by atoms with van der Waals surface area (Å²) in [5, 5.41) is 18.4. The van der Waals surface area contributed by atoms with Gasteiger partial charge in [0.15, 0.2) is 0 Å². The zero-order chi connectivity index (χ0) is 13.7. The molecule has 0 unspecified atom stereocenters. The Morgan fingerprint density at radius 2 is 2.21 bits per heavy atom. The van der Waals surface area contributed by atoms with Crippen LogP contribution >= 0.6 is 23.2 Å². The molecule has 1 atom stereocenters. The normalized spacial score (nSPS) is 12.6. The zero-order valence-corrected chi connectivity index (χ0v) is 11.8. The van der Waals surface area contributed by atoms with E-state index in [-0.39, 0.29) is 0 Å². The van der Waals surface area contributed by atoms with Crippen LogP contribution in [0.2, 0.25) is 10.0 Å². The van der Waals surface area contributed by atoms with Crippen molar-refractivity contribution in [1.29, 1.82) is 0 Å². The van der Waals surface area contributed by atoms with Crippen molar-refractivity contribution in [2.24, 2.45) is 0 Å². The van der Waals surface area contributed by atoms with E-state index in [4.69, 9.17) is 23.2 Å². The third kappa shape index (κ3) is 4.21. The largest absolute Gasteiger partial charge is 0.387 e. The van der Waals surface area contributed by atoms with E-state index in [2.05, 4.69) is 10.4 Å². The van der Waals surface area contributed by atoms with Gasteiger partial charge >= 0.3 is 0 Å². The molecule has 2 N–H and O–H groups in total. The van der Waals surface area contributed by atoms with Crippen LogP contribution in [-0.4, -0.2) is 28.0 Å². The highest BCUT2D eigenvalue weighted by Gasteiger charge is 2.11. The first-order chi connectivity index (χ1) is 9.16. The second-order valence-corrected chi connectivity index (χ2v) is 5.00. The first-order valence-electron chi connectivity index (χ1n) is 5.98. The Hall–Kier alpha value is -1.07. The Labute approximate surface area is 122 Å². The molecule has 0 fully saturated rings. The van der Waals surface area contributed by atoms with Gasteiger partial charge in [-0.2, -0.15) is 5.10 Å². The number of aromatic nitrogens is 2. The highest BCUT2D eigenvalue weighted by molar-refractivity contribution is 6.33. The summed E-state index contributed by atoms with van der Waals surface area (Å²) in [4.78, 5) is 0. The summed E-state index contributed by atoms with van der Waals surface area (Å²) in [7, 11) is 0. The second kappa shape index (κ2) is 6.91. The molecule has 1 aromatic heterocycles. The molecule has 0 radical (unpaired) electrons. The van der Waals surface area contributed by atoms with Gasteiger partial charge in [0.05, 0.1) is 12.6 Å². The van der Waals surface area contributed by atoms with E-state index in [1.54, 1.807) is 24.4 Å². The first kappa shape index (κ1) is 14.3. The standard InChI is InChI=1S/C13H15Cl2N3O/c14-10-2-3-12(15)11(8-10)13(19)9-16-5-7-18-6-1-4-17-18/h1-4,6,8,13,16,19H,5,7,9H2/t13-/m0/s1. The SMILES string of the molecule is O[C@@H](CNCCn1cccn1)c1cc(Cl)ccc1Cl. The molecule has 0 aliphatic heterocycles. The lowest BCUT2D eigenvalue weighted by molar-refractivity contribution is 0.174. The Morgan fingerprint density at radius 1 is 1.37 bits per heavy atom. The van der Waals surface area contributed by atoms with Gasteiger partial charge in [-0.05, 0) is 24.3 Å². The molecule has 0 aliphatic carbocycles. The molecule has 0 aliphatic rings. The van der Waals surface area contributed by atoms with Gasteiger partial charge in [0.2, 0.25) is 0 Å². The van der Waals surface area contributed by atoms with Crippen LogP contribution in [0.25, 0.3) is 0 Å². The third-order valence-electron chi connectivity index (χ3n) is 2.73. The van der Waals surface area contributed by atoms with Crippen molar-refractivity contribution in [3.8, 4) is 0 Å². The fraction of sp³-hybridized carbons (Fsp3) is 0.308. The van der Waals surface area contributed by atoms with Crippen LogP contribution in [0.5, 0.6) is 0 Å². The molecule has 19 heavy (non-hydrogen) atoms. The van der Waals surface area contributed by atoms with E-state index in [1.807, 2.05) is 16.9 Å². The summed E-state index contributed by atoms with van der Waals surface area (Å²) in [5.74, 6) is 0. The molecule has 0 saturated heterocycles. The molecule has 102 valence electrons. The number of aliphatic hydroxyl groups excluding tert-OH is 1. The summed E-state index contributed by atoms with van der Waals surface area (Å²) in [6.07, 6.45) is 2.95. The van der Waals surface area contributed by atoms with E-state index >= 15 is 0 Å². The van der Waals surface area contributed by atoms with Gasteiger partial charge in [-0.25, -0.2) is 0 Å². The molecular weight excluding hydrogens is 285 g/mol. The maximum Gasteiger partial charge on any atom is 0.0929 e. The summed E-state index contributed by atoms with van der Waals surface area (Å²) in [6.45, 7) is 1.89. The van der Waals surface area contributed by atoms with Gasteiger partial charge in [0, 0.05) is 41.1 Å². The zero-order valence-electron chi connectivity index (χ0n) is 10.3. The van der Waals surface area contributed by atoms with Crippen molar-refractivity contribution in [3.05, 3.63) is 52.3 Å². The number of nitrogens with zero attached hydrogens (tertiary/aromatic N) is 2. The lowest BCUT2D eigenvalue weighted by Gasteiger charge is -2.14. The maximum atomic E-state index is 10.1. The Morgan fingerprint density at radius 3 is 2.95 bits per heavy atom. The number of nitrogens with one attached hydrogen (secondary N) is 1. The molecule has 0 bridgehead atoms. The van der Waals surface area contributed by atoms with Crippen LogP contribution in [0.3, 0.4) is 0 Å². The summed E-state index contributed by atoms with van der Waals surface area (Å²) in [5.41, 5.74) is 0.640. The number of halogens is 2. The lowest BCUT2D eigenvalue weighted by Crippen LogP contribution is -2.25. The molecule has 1 aromatic carbocycles. The van der Waals surface area contributed by atoms with Gasteiger partial charge < -0.3 is 10.4 Å². The van der Waals surface area contributed by atoms with E-state index < -0.39 is 6.10 Å². The Bertz CT molecular complexity index is 517. The topological polar surface area (TPSA) is 50.1 Å². The fourth-order valence-corrected chi connectivity index (χ4v) is 2.17. The molecule has 0 spiro atoms. The number of benzene rings is 1. The van der Waals surface area contributed by atoms with E-state index in [1.165, 1.54) is 0 Å². The number of hydrogen-bond acceptors (Lipinski definition) is 3. The lowest BCUT2D eigenvalue weighted by atomic mass is 10.1. The average Bonchev–Trinajstić information content (AvgIpc) is 2.90. The number of hydrogen-bond donors (Lipinski definition) is 2. The van der Waals surface area contributed by atoms with E-state index in [0.717, 1.165) is 13.1 Å². The number of rotatable bonds is 6. The summed E-state index contributed by atoms with van der Waals surface area (Å²) in [6, 6.07) is 6.95. The van der Waals surface area contributed by atoms with Crippen molar-refractivity contribution in [2.75, 3.05) is 13.1 Å². The molecule has 6 heteroatoms.